The van der Waals surface area contributed by atoms with Gasteiger partial charge in [-0.2, -0.15) is 18.2 Å². The van der Waals surface area contributed by atoms with E-state index in [0.717, 1.165) is 6.07 Å². The maximum Gasteiger partial charge on any atom is 0.416 e. The minimum atomic E-state index is -4.53. The molecule has 1 heterocycles. The van der Waals surface area contributed by atoms with Gasteiger partial charge < -0.3 is 0 Å². The van der Waals surface area contributed by atoms with Gasteiger partial charge in [0, 0.05) is 0 Å². The van der Waals surface area contributed by atoms with Crippen LogP contribution in [-0.4, -0.2) is 15.2 Å². The molecule has 8 heteroatoms. The van der Waals surface area contributed by atoms with Crippen LogP contribution in [0.5, 0.6) is 0 Å². The Morgan fingerprint density at radius 3 is 2.41 bits per heavy atom. The van der Waals surface area contributed by atoms with Gasteiger partial charge in [0.1, 0.15) is 5.82 Å². The van der Waals surface area contributed by atoms with Crippen LogP contribution in [0.15, 0.2) is 18.2 Å². The summed E-state index contributed by atoms with van der Waals surface area (Å²) in [4.78, 5) is 3.66. The van der Waals surface area contributed by atoms with Gasteiger partial charge in [-0.15, -0.1) is 0 Å². The van der Waals surface area contributed by atoms with Gasteiger partial charge in [-0.1, -0.05) is 0 Å². The molecule has 0 aliphatic rings. The van der Waals surface area contributed by atoms with E-state index in [-0.39, 0.29) is 16.2 Å². The average molecular weight is 263 g/mol. The van der Waals surface area contributed by atoms with Crippen LogP contribution in [0.4, 0.5) is 17.6 Å². The molecule has 2 aromatic rings. The van der Waals surface area contributed by atoms with Gasteiger partial charge in [-0.3, -0.25) is 10.2 Å². The summed E-state index contributed by atoms with van der Waals surface area (Å²) in [5.41, 5.74) is -1.23. The van der Waals surface area contributed by atoms with Gasteiger partial charge in [0.25, 0.3) is 0 Å². The lowest BCUT2D eigenvalue weighted by Crippen LogP contribution is -2.05. The molecule has 90 valence electrons. The number of nitrogens with zero attached hydrogens (tertiary/aromatic N) is 1. The van der Waals surface area contributed by atoms with Crippen molar-refractivity contribution in [3.8, 4) is 11.4 Å². The van der Waals surface area contributed by atoms with Crippen molar-refractivity contribution in [2.75, 3.05) is 0 Å². The van der Waals surface area contributed by atoms with Gasteiger partial charge in [-0.05, 0) is 30.4 Å². The van der Waals surface area contributed by atoms with Gasteiger partial charge in [0.15, 0.2) is 5.82 Å². The molecule has 3 nitrogen and oxygen atoms in total. The first kappa shape index (κ1) is 11.8. The topological polar surface area (TPSA) is 44.5 Å². The third kappa shape index (κ3) is 2.36. The predicted molar refractivity (Wildman–Crippen MR) is 54.2 cm³/mol. The number of alkyl halides is 3. The molecule has 0 atom stereocenters. The van der Waals surface area contributed by atoms with Crippen molar-refractivity contribution >= 4 is 12.2 Å². The van der Waals surface area contributed by atoms with Crippen LogP contribution in [-0.2, 0) is 6.18 Å². The van der Waals surface area contributed by atoms with Crippen LogP contribution in [0.3, 0.4) is 0 Å². The largest absolute Gasteiger partial charge is 0.416 e. The van der Waals surface area contributed by atoms with E-state index in [1.807, 2.05) is 0 Å². The molecular weight excluding hydrogens is 258 g/mol. The smallest absolute Gasteiger partial charge is 0.282 e. The monoisotopic (exact) mass is 263 g/mol. The highest BCUT2D eigenvalue weighted by Gasteiger charge is 2.31. The number of hydrogen-bond donors (Lipinski definition) is 2. The fourth-order valence-electron chi connectivity index (χ4n) is 1.28. The van der Waals surface area contributed by atoms with E-state index in [4.69, 9.17) is 0 Å². The summed E-state index contributed by atoms with van der Waals surface area (Å²) < 4.78 is 50.7. The third-order valence-electron chi connectivity index (χ3n) is 2.05. The molecule has 0 aliphatic carbocycles. The van der Waals surface area contributed by atoms with Crippen LogP contribution < -0.4 is 0 Å². The summed E-state index contributed by atoms with van der Waals surface area (Å²) in [5, 5.41) is 4.78. The van der Waals surface area contributed by atoms with Gasteiger partial charge in [0.05, 0.1) is 11.1 Å². The Kier molecular flexibility index (Phi) is 2.74. The fraction of sp³-hybridized carbons (Fsp3) is 0.111. The zero-order valence-corrected chi connectivity index (χ0v) is 8.92. The first-order valence-electron chi connectivity index (χ1n) is 4.40. The highest BCUT2D eigenvalue weighted by molar-refractivity contribution is 7.71. The highest BCUT2D eigenvalue weighted by atomic mass is 32.1. The normalized spacial score (nSPS) is 11.8. The van der Waals surface area contributed by atoms with E-state index in [0.29, 0.717) is 12.1 Å². The van der Waals surface area contributed by atoms with E-state index in [9.17, 15) is 17.6 Å². The average Bonchev–Trinajstić information content (AvgIpc) is 2.63. The molecular formula is C9H5F4N3S. The second kappa shape index (κ2) is 3.95. The number of H-pyrrole nitrogens is 2. The second-order valence-corrected chi connectivity index (χ2v) is 3.59. The molecule has 1 aromatic heterocycles. The Morgan fingerprint density at radius 1 is 1.18 bits per heavy atom. The maximum atomic E-state index is 13.4. The minimum Gasteiger partial charge on any atom is -0.282 e. The van der Waals surface area contributed by atoms with E-state index < -0.39 is 17.6 Å². The lowest BCUT2D eigenvalue weighted by molar-refractivity contribution is -0.137. The number of hydrogen-bond acceptors (Lipinski definition) is 2. The lowest BCUT2D eigenvalue weighted by Gasteiger charge is -2.08. The molecule has 17 heavy (non-hydrogen) atoms. The van der Waals surface area contributed by atoms with Gasteiger partial charge in [-0.25, -0.2) is 4.39 Å². The predicted octanol–water partition coefficient (Wildman–Crippen LogP) is 3.29. The Hall–Kier alpha value is -1.70. The van der Waals surface area contributed by atoms with Crippen molar-refractivity contribution in [3.05, 3.63) is 34.4 Å². The standard InChI is InChI=1S/C9H5F4N3S/c10-6-2-1-4(9(11,12)13)3-5(6)7-14-8(17)16-15-7/h1-3H,(H2,14,15,16,17). The van der Waals surface area contributed by atoms with Crippen molar-refractivity contribution < 1.29 is 17.6 Å². The Morgan fingerprint density at radius 2 is 1.88 bits per heavy atom. The van der Waals surface area contributed by atoms with E-state index >= 15 is 0 Å². The van der Waals surface area contributed by atoms with Crippen molar-refractivity contribution in [3.63, 3.8) is 0 Å². The number of nitrogens with one attached hydrogen (secondary N) is 2. The third-order valence-corrected chi connectivity index (χ3v) is 2.24. The van der Waals surface area contributed by atoms with Gasteiger partial charge in [0.2, 0.25) is 4.77 Å². The first-order chi connectivity index (χ1) is 7.88. The SMILES string of the molecule is Fc1ccc(C(F)(F)F)cc1-c1nc(=S)[nH][nH]1. The molecule has 0 spiro atoms. The van der Waals surface area contributed by atoms with Crippen molar-refractivity contribution in [2.45, 2.75) is 6.18 Å². The Bertz CT molecular complexity index is 599. The van der Waals surface area contributed by atoms with Crippen LogP contribution in [0.2, 0.25) is 0 Å². The minimum absolute atomic E-state index is 0.0387. The molecule has 0 aliphatic heterocycles. The highest BCUT2D eigenvalue weighted by Crippen LogP contribution is 2.32. The van der Waals surface area contributed by atoms with Gasteiger partial charge >= 0.3 is 6.18 Å². The summed E-state index contributed by atoms with van der Waals surface area (Å²) in [7, 11) is 0. The van der Waals surface area contributed by atoms with Crippen LogP contribution in [0.25, 0.3) is 11.4 Å². The van der Waals surface area contributed by atoms with Crippen molar-refractivity contribution in [1.29, 1.82) is 0 Å². The van der Waals surface area contributed by atoms with E-state index in [2.05, 4.69) is 27.4 Å². The van der Waals surface area contributed by atoms with E-state index in [1.54, 1.807) is 0 Å². The molecule has 0 unspecified atom stereocenters. The fourth-order valence-corrected chi connectivity index (χ4v) is 1.42. The molecule has 0 saturated carbocycles. The van der Waals surface area contributed by atoms with Crippen LogP contribution >= 0.6 is 12.2 Å². The molecule has 0 bridgehead atoms. The number of aromatic nitrogens is 3. The second-order valence-electron chi connectivity index (χ2n) is 3.21. The maximum absolute atomic E-state index is 13.4. The quantitative estimate of drug-likeness (QED) is 0.612. The summed E-state index contributed by atoms with van der Waals surface area (Å²) in [6, 6.07) is 2.08. The van der Waals surface area contributed by atoms with Crippen LogP contribution in [0.1, 0.15) is 5.56 Å². The summed E-state index contributed by atoms with van der Waals surface area (Å²) in [6.07, 6.45) is -4.53. The molecule has 2 N–H and O–H groups in total. The first-order valence-corrected chi connectivity index (χ1v) is 4.80. The number of halogens is 4. The van der Waals surface area contributed by atoms with Crippen LogP contribution in [0, 0.1) is 10.6 Å². The molecule has 2 rings (SSSR count). The molecule has 0 amide bonds. The summed E-state index contributed by atoms with van der Waals surface area (Å²) in [6.45, 7) is 0. The molecule has 0 radical (unpaired) electrons. The zero-order valence-electron chi connectivity index (χ0n) is 8.10. The molecule has 0 fully saturated rings. The van der Waals surface area contributed by atoms with Crippen molar-refractivity contribution in [2.24, 2.45) is 0 Å². The lowest BCUT2D eigenvalue weighted by atomic mass is 10.1. The van der Waals surface area contributed by atoms with E-state index in [1.165, 1.54) is 0 Å². The van der Waals surface area contributed by atoms with Crippen molar-refractivity contribution in [1.82, 2.24) is 15.2 Å². The number of benzene rings is 1. The summed E-state index contributed by atoms with van der Waals surface area (Å²) in [5.74, 6) is -0.880. The summed E-state index contributed by atoms with van der Waals surface area (Å²) >= 11 is 4.64. The molecule has 1 aromatic carbocycles. The Labute approximate surface area is 97.5 Å². The number of rotatable bonds is 1. The Balaban J connectivity index is 2.58. The number of aromatic amines is 2. The molecule has 0 saturated heterocycles. The zero-order chi connectivity index (χ0) is 12.6.